The maximum Gasteiger partial charge on any atom is 0.157 e. The topological polar surface area (TPSA) is 47.0 Å². The summed E-state index contributed by atoms with van der Waals surface area (Å²) in [4.78, 5) is 10.1. The molecule has 0 aliphatic heterocycles. The van der Waals surface area contributed by atoms with Crippen LogP contribution in [0.15, 0.2) is 44.7 Å². The largest absolute Gasteiger partial charge is 0.374 e. The molecule has 1 aromatic carbocycles. The molecule has 0 aliphatic rings. The number of hydrogen-bond donors (Lipinski definition) is 1. The van der Waals surface area contributed by atoms with E-state index in [0.717, 1.165) is 26.8 Å². The summed E-state index contributed by atoms with van der Waals surface area (Å²) in [6.07, 6.45) is 0. The molecular formula is C15H18BrN3OS. The number of rotatable bonds is 7. The van der Waals surface area contributed by atoms with Crippen molar-refractivity contribution in [1.29, 1.82) is 0 Å². The molecule has 1 heterocycles. The molecule has 4 nitrogen and oxygen atoms in total. The minimum Gasteiger partial charge on any atom is -0.374 e. The zero-order valence-electron chi connectivity index (χ0n) is 12.1. The van der Waals surface area contributed by atoms with Crippen molar-refractivity contribution >= 4 is 33.5 Å². The maximum absolute atomic E-state index is 5.41. The van der Waals surface area contributed by atoms with Crippen LogP contribution in [-0.4, -0.2) is 23.1 Å². The third-order valence-corrected chi connectivity index (χ3v) is 3.96. The van der Waals surface area contributed by atoms with Gasteiger partial charge in [0.25, 0.3) is 0 Å². The fourth-order valence-electron chi connectivity index (χ4n) is 1.71. The predicted octanol–water partition coefficient (Wildman–Crippen LogP) is 4.36. The molecule has 0 saturated carbocycles. The van der Waals surface area contributed by atoms with Crippen molar-refractivity contribution in [2.75, 3.05) is 18.5 Å². The van der Waals surface area contributed by atoms with Gasteiger partial charge in [-0.1, -0.05) is 33.8 Å². The van der Waals surface area contributed by atoms with E-state index >= 15 is 0 Å². The number of hydrogen-bond acceptors (Lipinski definition) is 5. The van der Waals surface area contributed by atoms with E-state index in [1.807, 2.05) is 32.0 Å². The molecule has 21 heavy (non-hydrogen) atoms. The van der Waals surface area contributed by atoms with E-state index < -0.39 is 0 Å². The van der Waals surface area contributed by atoms with Crippen LogP contribution in [0.5, 0.6) is 0 Å². The Labute approximate surface area is 137 Å². The van der Waals surface area contributed by atoms with E-state index in [1.165, 1.54) is 0 Å². The van der Waals surface area contributed by atoms with Crippen LogP contribution in [0.3, 0.4) is 0 Å². The third-order valence-electron chi connectivity index (χ3n) is 2.56. The lowest BCUT2D eigenvalue weighted by Gasteiger charge is -2.09. The highest BCUT2D eigenvalue weighted by Gasteiger charge is 2.06. The molecule has 2 rings (SSSR count). The van der Waals surface area contributed by atoms with E-state index in [0.29, 0.717) is 19.0 Å². The summed E-state index contributed by atoms with van der Waals surface area (Å²) in [7, 11) is 0. The molecule has 0 unspecified atom stereocenters. The second-order valence-electron chi connectivity index (χ2n) is 4.23. The van der Waals surface area contributed by atoms with Gasteiger partial charge in [0.15, 0.2) is 5.82 Å². The Bertz CT molecular complexity index is 595. The van der Waals surface area contributed by atoms with Crippen molar-refractivity contribution in [3.63, 3.8) is 0 Å². The fourth-order valence-corrected chi connectivity index (χ4v) is 3.15. The number of ether oxygens (including phenoxy) is 1. The Kier molecular flexibility index (Phi) is 6.48. The summed E-state index contributed by atoms with van der Waals surface area (Å²) in [6.45, 7) is 5.92. The maximum atomic E-state index is 5.41. The van der Waals surface area contributed by atoms with Crippen molar-refractivity contribution in [1.82, 2.24) is 9.97 Å². The molecule has 0 radical (unpaired) electrons. The molecule has 0 amide bonds. The van der Waals surface area contributed by atoms with E-state index in [4.69, 9.17) is 4.74 Å². The van der Waals surface area contributed by atoms with Gasteiger partial charge in [-0.05, 0) is 32.0 Å². The van der Waals surface area contributed by atoms with Gasteiger partial charge < -0.3 is 10.1 Å². The Morgan fingerprint density at radius 2 is 2.10 bits per heavy atom. The highest BCUT2D eigenvalue weighted by molar-refractivity contribution is 9.10. The van der Waals surface area contributed by atoms with Crippen molar-refractivity contribution in [3.05, 3.63) is 40.6 Å². The monoisotopic (exact) mass is 367 g/mol. The lowest BCUT2D eigenvalue weighted by atomic mass is 10.4. The van der Waals surface area contributed by atoms with Crippen molar-refractivity contribution in [2.45, 2.75) is 30.4 Å². The minimum absolute atomic E-state index is 0.432. The second kappa shape index (κ2) is 8.36. The van der Waals surface area contributed by atoms with Gasteiger partial charge in [-0.25, -0.2) is 9.97 Å². The van der Waals surface area contributed by atoms with Gasteiger partial charge in [0.1, 0.15) is 17.5 Å². The summed E-state index contributed by atoms with van der Waals surface area (Å²) in [5, 5.41) is 4.14. The molecular weight excluding hydrogens is 350 g/mol. The van der Waals surface area contributed by atoms with Crippen molar-refractivity contribution in [3.8, 4) is 0 Å². The third kappa shape index (κ3) is 5.30. The summed E-state index contributed by atoms with van der Waals surface area (Å²) in [5.41, 5.74) is 0. The molecule has 0 aliphatic carbocycles. The molecule has 0 spiro atoms. The highest BCUT2D eigenvalue weighted by Crippen LogP contribution is 2.29. The smallest absolute Gasteiger partial charge is 0.157 e. The van der Waals surface area contributed by atoms with Crippen molar-refractivity contribution < 1.29 is 4.74 Å². The van der Waals surface area contributed by atoms with E-state index in [1.54, 1.807) is 11.8 Å². The highest BCUT2D eigenvalue weighted by atomic mass is 79.9. The van der Waals surface area contributed by atoms with Crippen LogP contribution in [0.1, 0.15) is 19.7 Å². The van der Waals surface area contributed by atoms with Crippen LogP contribution in [0.2, 0.25) is 0 Å². The zero-order valence-corrected chi connectivity index (χ0v) is 14.5. The summed E-state index contributed by atoms with van der Waals surface area (Å²) in [6, 6.07) is 10.1. The first kappa shape index (κ1) is 16.3. The fraction of sp³-hybridized carbons (Fsp3) is 0.333. The first-order chi connectivity index (χ1) is 10.2. The number of nitrogens with one attached hydrogen (secondary N) is 1. The van der Waals surface area contributed by atoms with Crippen LogP contribution in [0.25, 0.3) is 0 Å². The van der Waals surface area contributed by atoms with Crippen LogP contribution < -0.4 is 5.32 Å². The predicted molar refractivity (Wildman–Crippen MR) is 89.8 cm³/mol. The number of nitrogens with zero attached hydrogens (tertiary/aromatic N) is 2. The minimum atomic E-state index is 0.432. The molecule has 0 saturated heterocycles. The van der Waals surface area contributed by atoms with Crippen LogP contribution >= 0.6 is 27.7 Å². The quantitative estimate of drug-likeness (QED) is 0.736. The average Bonchev–Trinajstić information content (AvgIpc) is 2.45. The molecule has 112 valence electrons. The molecule has 0 atom stereocenters. The Morgan fingerprint density at radius 3 is 2.81 bits per heavy atom. The van der Waals surface area contributed by atoms with Gasteiger partial charge in [0.05, 0.1) is 0 Å². The molecule has 0 fully saturated rings. The van der Waals surface area contributed by atoms with Gasteiger partial charge in [0, 0.05) is 28.6 Å². The molecule has 2 aromatic rings. The summed E-state index contributed by atoms with van der Waals surface area (Å²) in [5.74, 6) is 1.53. The first-order valence-electron chi connectivity index (χ1n) is 6.84. The number of halogens is 1. The van der Waals surface area contributed by atoms with Crippen LogP contribution in [0, 0.1) is 0 Å². The number of anilines is 1. The van der Waals surface area contributed by atoms with Gasteiger partial charge in [-0.3, -0.25) is 0 Å². The van der Waals surface area contributed by atoms with Crippen LogP contribution in [-0.2, 0) is 11.3 Å². The van der Waals surface area contributed by atoms with Crippen LogP contribution in [0.4, 0.5) is 5.82 Å². The lowest BCUT2D eigenvalue weighted by molar-refractivity contribution is 0.128. The number of benzene rings is 1. The number of aromatic nitrogens is 2. The van der Waals surface area contributed by atoms with Gasteiger partial charge in [-0.15, -0.1) is 0 Å². The molecule has 1 aromatic heterocycles. The average molecular weight is 368 g/mol. The van der Waals surface area contributed by atoms with Gasteiger partial charge in [-0.2, -0.15) is 0 Å². The lowest BCUT2D eigenvalue weighted by Crippen LogP contribution is -2.05. The van der Waals surface area contributed by atoms with E-state index in [2.05, 4.69) is 43.3 Å². The second-order valence-corrected chi connectivity index (χ2v) is 6.24. The zero-order chi connectivity index (χ0) is 15.1. The molecule has 1 N–H and O–H groups in total. The Balaban J connectivity index is 2.22. The van der Waals surface area contributed by atoms with E-state index in [9.17, 15) is 0 Å². The van der Waals surface area contributed by atoms with E-state index in [-0.39, 0.29) is 0 Å². The van der Waals surface area contributed by atoms with Crippen molar-refractivity contribution in [2.24, 2.45) is 0 Å². The Morgan fingerprint density at radius 1 is 1.24 bits per heavy atom. The Hall–Kier alpha value is -1.11. The SMILES string of the molecule is CCNc1cc(Sc2cccc(Br)c2)nc(COCC)n1. The summed E-state index contributed by atoms with van der Waals surface area (Å²) < 4.78 is 6.47. The van der Waals surface area contributed by atoms with Gasteiger partial charge in [0.2, 0.25) is 0 Å². The molecule has 0 bridgehead atoms. The first-order valence-corrected chi connectivity index (χ1v) is 8.45. The van der Waals surface area contributed by atoms with Gasteiger partial charge >= 0.3 is 0 Å². The molecule has 6 heteroatoms. The standard InChI is InChI=1S/C15H18BrN3OS/c1-3-17-13-9-15(19-14(18-13)10-20-4-2)21-12-7-5-6-11(16)8-12/h5-9H,3-4,10H2,1-2H3,(H,17,18,19). The summed E-state index contributed by atoms with van der Waals surface area (Å²) >= 11 is 5.10. The normalized spacial score (nSPS) is 10.6.